The highest BCUT2D eigenvalue weighted by molar-refractivity contribution is 6.13. The third kappa shape index (κ3) is 5.76. The second-order valence-electron chi connectivity index (χ2n) is 15.0. The molecule has 4 heterocycles. The Kier molecular flexibility index (Phi) is 5.60. The summed E-state index contributed by atoms with van der Waals surface area (Å²) in [4.78, 5) is 14.7. The zero-order valence-electron chi connectivity index (χ0n) is 44.8. The Hall–Kier alpha value is -8.61. The number of furan rings is 2. The van der Waals surface area contributed by atoms with Crippen molar-refractivity contribution in [3.63, 3.8) is 0 Å². The molecule has 13 aromatic rings. The molecule has 9 aromatic carbocycles. The summed E-state index contributed by atoms with van der Waals surface area (Å²) in [5.41, 5.74) is 5.11. The van der Waals surface area contributed by atoms with Gasteiger partial charge in [-0.3, -0.25) is 0 Å². The van der Waals surface area contributed by atoms with Crippen molar-refractivity contribution in [2.45, 2.75) is 0 Å². The van der Waals surface area contributed by atoms with E-state index in [2.05, 4.69) is 0 Å². The second kappa shape index (κ2) is 14.0. The SMILES string of the molecule is [2H]c1cc2c(c([2H])c1[2H])c1cc([2H])c([2H])c([2H])c1n2-c1c([2H])c([2H])c2oc3c([2H])c(-c4nc(-c5ccc(-c6ccccc6)cc5)nc(-c5ccc6c(c5)oc5cccc(-c7ccccc7)c56)n4)c([2H])c([2H])c3c2c1[2H]. The highest BCUT2D eigenvalue weighted by atomic mass is 16.3. The van der Waals surface area contributed by atoms with Crippen molar-refractivity contribution >= 4 is 65.7 Å². The van der Waals surface area contributed by atoms with Crippen LogP contribution in [0.5, 0.6) is 0 Å². The summed E-state index contributed by atoms with van der Waals surface area (Å²) >= 11 is 0. The first-order valence-corrected chi connectivity index (χ1v) is 20.1. The maximum absolute atomic E-state index is 9.73. The van der Waals surface area contributed by atoms with E-state index in [9.17, 15) is 8.22 Å². The molecule has 4 aromatic heterocycles. The van der Waals surface area contributed by atoms with Gasteiger partial charge in [0.1, 0.15) is 22.3 Å². The van der Waals surface area contributed by atoms with Gasteiger partial charge in [0.05, 0.1) is 27.5 Å². The fourth-order valence-corrected chi connectivity index (χ4v) is 8.40. The summed E-state index contributed by atoms with van der Waals surface area (Å²) in [5.74, 6) is 0.233. The van der Waals surface area contributed by atoms with Crippen molar-refractivity contribution in [3.8, 4) is 62.1 Å². The Balaban J connectivity index is 1.03. The number of hydrogen-bond acceptors (Lipinski definition) is 5. The number of benzene rings is 9. The Morgan fingerprint density at radius 2 is 1.08 bits per heavy atom. The van der Waals surface area contributed by atoms with Gasteiger partial charge in [0, 0.05) is 54.7 Å². The van der Waals surface area contributed by atoms with E-state index in [4.69, 9.17) is 32.0 Å². The van der Waals surface area contributed by atoms with E-state index in [0.717, 1.165) is 33.0 Å². The minimum Gasteiger partial charge on any atom is -0.456 e. The zero-order valence-corrected chi connectivity index (χ0v) is 32.8. The van der Waals surface area contributed by atoms with Gasteiger partial charge in [-0.2, -0.15) is 0 Å². The smallest absolute Gasteiger partial charge is 0.164 e. The maximum Gasteiger partial charge on any atom is 0.164 e. The predicted molar refractivity (Wildman–Crippen MR) is 256 cm³/mol. The van der Waals surface area contributed by atoms with Gasteiger partial charge >= 0.3 is 0 Å². The number of rotatable bonds is 6. The zero-order chi connectivity index (χ0) is 51.9. The lowest BCUT2D eigenvalue weighted by Gasteiger charge is -2.09. The van der Waals surface area contributed by atoms with Crippen molar-refractivity contribution in [2.75, 3.05) is 0 Å². The molecule has 6 heteroatoms. The average Bonchev–Trinajstić information content (AvgIpc) is 4.12. The highest BCUT2D eigenvalue weighted by Gasteiger charge is 2.19. The molecule has 0 aliphatic rings. The molecule has 0 aliphatic carbocycles. The van der Waals surface area contributed by atoms with Crippen LogP contribution >= 0.6 is 0 Å². The number of para-hydroxylation sites is 2. The molecule has 13 rings (SSSR count). The first-order valence-electron chi connectivity index (χ1n) is 26.1. The monoisotopic (exact) mass is 818 g/mol. The third-order valence-corrected chi connectivity index (χ3v) is 11.4. The summed E-state index contributed by atoms with van der Waals surface area (Å²) < 4.78 is 123. The maximum atomic E-state index is 9.73. The lowest BCUT2D eigenvalue weighted by molar-refractivity contribution is 0.668. The second-order valence-corrected chi connectivity index (χ2v) is 15.0. The van der Waals surface area contributed by atoms with Crippen LogP contribution in [0.4, 0.5) is 0 Å². The number of aromatic nitrogens is 4. The summed E-state index contributed by atoms with van der Waals surface area (Å²) in [5, 5.41) is 1.57. The van der Waals surface area contributed by atoms with Crippen LogP contribution in [0.3, 0.4) is 0 Å². The van der Waals surface area contributed by atoms with Crippen LogP contribution in [0, 0.1) is 0 Å². The average molecular weight is 819 g/mol. The van der Waals surface area contributed by atoms with Crippen LogP contribution in [0.2, 0.25) is 0 Å². The molecule has 6 nitrogen and oxygen atoms in total. The normalized spacial score (nSPS) is 14.5. The van der Waals surface area contributed by atoms with Gasteiger partial charge in [0.15, 0.2) is 17.5 Å². The van der Waals surface area contributed by atoms with Crippen LogP contribution in [0.25, 0.3) is 128 Å². The molecule has 0 N–H and O–H groups in total. The van der Waals surface area contributed by atoms with Crippen molar-refractivity contribution in [2.24, 2.45) is 0 Å². The molecule has 0 unspecified atom stereocenters. The third-order valence-electron chi connectivity index (χ3n) is 11.4. The van der Waals surface area contributed by atoms with E-state index in [1.807, 2.05) is 121 Å². The molecular weight excluding hydrogens is 773 g/mol. The van der Waals surface area contributed by atoms with Crippen LogP contribution in [-0.2, 0) is 0 Å². The Morgan fingerprint density at radius 3 is 1.92 bits per heavy atom. The van der Waals surface area contributed by atoms with E-state index in [0.29, 0.717) is 22.3 Å². The molecule has 0 amide bonds. The fourth-order valence-electron chi connectivity index (χ4n) is 8.40. The van der Waals surface area contributed by atoms with Crippen LogP contribution in [-0.4, -0.2) is 19.5 Å². The van der Waals surface area contributed by atoms with Gasteiger partial charge in [0.2, 0.25) is 0 Å². The predicted octanol–water partition coefficient (Wildman–Crippen LogP) is 15.1. The number of nitrogens with zero attached hydrogens (tertiary/aromatic N) is 4. The van der Waals surface area contributed by atoms with Crippen molar-refractivity contribution in [1.82, 2.24) is 19.5 Å². The summed E-state index contributed by atoms with van der Waals surface area (Å²) in [6.07, 6.45) is 0. The minimum atomic E-state index is -0.591. The summed E-state index contributed by atoms with van der Waals surface area (Å²) in [7, 11) is 0. The molecule has 0 atom stereocenters. The largest absolute Gasteiger partial charge is 0.456 e. The minimum absolute atomic E-state index is 0.0198. The lowest BCUT2D eigenvalue weighted by atomic mass is 9.99. The lowest BCUT2D eigenvalue weighted by Crippen LogP contribution is -2.00. The van der Waals surface area contributed by atoms with Gasteiger partial charge < -0.3 is 13.4 Å². The van der Waals surface area contributed by atoms with Crippen molar-refractivity contribution in [1.29, 1.82) is 0 Å². The van der Waals surface area contributed by atoms with Gasteiger partial charge in [-0.25, -0.2) is 15.0 Å². The van der Waals surface area contributed by atoms with Crippen LogP contribution in [0.1, 0.15) is 16.4 Å². The van der Waals surface area contributed by atoms with Gasteiger partial charge in [0.25, 0.3) is 0 Å². The standard InChI is InChI=1S/C57H34N4O2/c1-3-12-35(13-4-1)36-22-24-38(25-23-36)55-58-56(60-57(59-55)40-27-30-46-53(33-40)63-51-21-11-18-42(54(46)51)37-14-5-2-6-15-37)39-26-29-45-47-34-41(28-31-50(47)62-52(45)32-39)61-48-19-9-7-16-43(48)44-17-8-10-20-49(44)61/h1-34H/i7D,8D,9D,10D,16D,20D,26D,28D,29D,31D,32D,34D. The van der Waals surface area contributed by atoms with Crippen LogP contribution < -0.4 is 0 Å². The van der Waals surface area contributed by atoms with Crippen LogP contribution in [0.15, 0.2) is 215 Å². The van der Waals surface area contributed by atoms with E-state index >= 15 is 0 Å². The van der Waals surface area contributed by atoms with E-state index in [1.165, 1.54) is 16.7 Å². The molecule has 0 radical (unpaired) electrons. The first kappa shape index (κ1) is 25.2. The molecule has 294 valence electrons. The highest BCUT2D eigenvalue weighted by Crippen LogP contribution is 2.40. The van der Waals surface area contributed by atoms with E-state index in [1.54, 1.807) is 0 Å². The number of hydrogen-bond donors (Lipinski definition) is 0. The molecule has 0 fully saturated rings. The van der Waals surface area contributed by atoms with Gasteiger partial charge in [-0.15, -0.1) is 0 Å². The van der Waals surface area contributed by atoms with Gasteiger partial charge in [-0.05, 0) is 82.8 Å². The first-order chi connectivity index (χ1) is 36.2. The molecule has 0 spiro atoms. The molecule has 0 saturated carbocycles. The molecule has 63 heavy (non-hydrogen) atoms. The Morgan fingerprint density at radius 1 is 0.381 bits per heavy atom. The molecule has 0 aliphatic heterocycles. The van der Waals surface area contributed by atoms with E-state index in [-0.39, 0.29) is 84.6 Å². The van der Waals surface area contributed by atoms with E-state index < -0.39 is 60.4 Å². The van der Waals surface area contributed by atoms with Gasteiger partial charge in [-0.1, -0.05) is 145 Å². The molecule has 0 saturated heterocycles. The Labute approximate surface area is 377 Å². The number of fused-ring (bicyclic) bond motifs is 9. The van der Waals surface area contributed by atoms with Crippen molar-refractivity contribution in [3.05, 3.63) is 206 Å². The molecule has 0 bridgehead atoms. The quantitative estimate of drug-likeness (QED) is 0.167. The topological polar surface area (TPSA) is 69.9 Å². The summed E-state index contributed by atoms with van der Waals surface area (Å²) in [6.45, 7) is 0. The summed E-state index contributed by atoms with van der Waals surface area (Å²) in [6, 6.07) is 35.8. The Bertz CT molecular complexity index is 4620. The van der Waals surface area contributed by atoms with Crippen molar-refractivity contribution < 1.29 is 25.3 Å². The molecular formula is C57H34N4O2. The fraction of sp³-hybridized carbons (Fsp3) is 0.